The van der Waals surface area contributed by atoms with E-state index in [-0.39, 0.29) is 11.3 Å². The van der Waals surface area contributed by atoms with Gasteiger partial charge in [-0.3, -0.25) is 4.57 Å². The zero-order chi connectivity index (χ0) is 15.0. The van der Waals surface area contributed by atoms with Crippen molar-refractivity contribution in [3.05, 3.63) is 59.4 Å². The molecule has 3 aromatic rings. The minimum absolute atomic E-state index is 0.279. The Kier molecular flexibility index (Phi) is 3.64. The molecule has 0 radical (unpaired) electrons. The van der Waals surface area contributed by atoms with Crippen LogP contribution in [0.15, 0.2) is 36.4 Å². The minimum atomic E-state index is -0.392. The molecule has 0 atom stereocenters. The molecule has 0 saturated heterocycles. The lowest BCUT2D eigenvalue weighted by Gasteiger charge is -2.12. The van der Waals surface area contributed by atoms with Gasteiger partial charge in [-0.2, -0.15) is 0 Å². The molecule has 1 heterocycles. The molecular formula is C16H13ClF2N2. The Morgan fingerprint density at radius 2 is 1.81 bits per heavy atom. The van der Waals surface area contributed by atoms with Gasteiger partial charge in [0.15, 0.2) is 5.82 Å². The Bertz CT molecular complexity index is 811. The lowest BCUT2D eigenvalue weighted by atomic mass is 10.1. The smallest absolute Gasteiger partial charge is 0.151 e. The van der Waals surface area contributed by atoms with E-state index in [2.05, 4.69) is 4.98 Å². The van der Waals surface area contributed by atoms with Crippen molar-refractivity contribution >= 4 is 22.6 Å². The normalized spacial score (nSPS) is 11.2. The monoisotopic (exact) mass is 306 g/mol. The molecule has 2 aromatic carbocycles. The number of fused-ring (bicyclic) bond motifs is 1. The highest BCUT2D eigenvalue weighted by atomic mass is 35.5. The van der Waals surface area contributed by atoms with Crippen molar-refractivity contribution in [2.24, 2.45) is 0 Å². The molecule has 21 heavy (non-hydrogen) atoms. The van der Waals surface area contributed by atoms with Gasteiger partial charge >= 0.3 is 0 Å². The lowest BCUT2D eigenvalue weighted by Crippen LogP contribution is -2.05. The van der Waals surface area contributed by atoms with Gasteiger partial charge in [-0.1, -0.05) is 12.1 Å². The summed E-state index contributed by atoms with van der Waals surface area (Å²) in [6.07, 6.45) is 0.478. The molecule has 5 heteroatoms. The van der Waals surface area contributed by atoms with E-state index in [0.717, 1.165) is 0 Å². The van der Waals surface area contributed by atoms with Crippen LogP contribution in [0, 0.1) is 18.6 Å². The molecule has 1 aromatic heterocycles. The Morgan fingerprint density at radius 3 is 2.57 bits per heavy atom. The molecule has 0 N–H and O–H groups in total. The maximum absolute atomic E-state index is 13.9. The number of alkyl halides is 1. The Hall–Kier alpha value is -1.94. The van der Waals surface area contributed by atoms with Gasteiger partial charge in [0.05, 0.1) is 11.2 Å². The highest BCUT2D eigenvalue weighted by molar-refractivity contribution is 6.17. The van der Waals surface area contributed by atoms with Crippen LogP contribution >= 0.6 is 11.6 Å². The SMILES string of the molecule is Cc1c(F)cccc1-n1c(CCCl)nc2c(F)cccc21. The first kappa shape index (κ1) is 14.0. The standard InChI is InChI=1S/C16H13ClF2N2/c1-10-11(18)4-2-6-13(10)21-14-7-3-5-12(19)16(14)20-15(21)8-9-17/h2-7H,8-9H2,1H3. The van der Waals surface area contributed by atoms with Crippen LogP contribution < -0.4 is 0 Å². The predicted molar refractivity (Wildman–Crippen MR) is 80.1 cm³/mol. The number of aromatic nitrogens is 2. The molecule has 0 unspecified atom stereocenters. The van der Waals surface area contributed by atoms with Crippen molar-refractivity contribution in [2.75, 3.05) is 5.88 Å². The van der Waals surface area contributed by atoms with Gasteiger partial charge < -0.3 is 0 Å². The summed E-state index contributed by atoms with van der Waals surface area (Å²) < 4.78 is 29.5. The molecule has 0 aliphatic carbocycles. The maximum Gasteiger partial charge on any atom is 0.151 e. The summed E-state index contributed by atoms with van der Waals surface area (Å²) in [5.41, 5.74) is 2.05. The average Bonchev–Trinajstić information content (AvgIpc) is 2.82. The number of aryl methyl sites for hydroxylation is 1. The van der Waals surface area contributed by atoms with Gasteiger partial charge in [0.25, 0.3) is 0 Å². The fourth-order valence-electron chi connectivity index (χ4n) is 2.47. The molecule has 0 aliphatic rings. The van der Waals surface area contributed by atoms with Crippen molar-refractivity contribution < 1.29 is 8.78 Å². The van der Waals surface area contributed by atoms with Crippen LogP contribution in [0.25, 0.3) is 16.7 Å². The van der Waals surface area contributed by atoms with Gasteiger partial charge in [-0.25, -0.2) is 13.8 Å². The van der Waals surface area contributed by atoms with Crippen molar-refractivity contribution in [3.8, 4) is 5.69 Å². The molecule has 3 rings (SSSR count). The van der Waals surface area contributed by atoms with Crippen LogP contribution in [0.3, 0.4) is 0 Å². The number of imidazole rings is 1. The number of halogens is 3. The fraction of sp³-hybridized carbons (Fsp3) is 0.188. The second-order valence-electron chi connectivity index (χ2n) is 4.79. The van der Waals surface area contributed by atoms with E-state index in [1.807, 2.05) is 0 Å². The topological polar surface area (TPSA) is 17.8 Å². The molecular weight excluding hydrogens is 294 g/mol. The van der Waals surface area contributed by atoms with E-state index < -0.39 is 5.82 Å². The van der Waals surface area contributed by atoms with Gasteiger partial charge in [0.1, 0.15) is 17.2 Å². The molecule has 108 valence electrons. The summed E-state index contributed by atoms with van der Waals surface area (Å²) in [6.45, 7) is 1.69. The quantitative estimate of drug-likeness (QED) is 0.656. The first-order valence-corrected chi connectivity index (χ1v) is 7.14. The third kappa shape index (κ3) is 2.29. The molecule has 0 amide bonds. The van der Waals surface area contributed by atoms with E-state index in [9.17, 15) is 8.78 Å². The maximum atomic E-state index is 13.9. The Balaban J connectivity index is 2.37. The van der Waals surface area contributed by atoms with Crippen molar-refractivity contribution in [1.29, 1.82) is 0 Å². The number of para-hydroxylation sites is 1. The van der Waals surface area contributed by atoms with E-state index in [0.29, 0.717) is 34.9 Å². The summed E-state index contributed by atoms with van der Waals surface area (Å²) in [5, 5.41) is 0. The summed E-state index contributed by atoms with van der Waals surface area (Å²) in [4.78, 5) is 4.33. The molecule has 0 saturated carbocycles. The van der Waals surface area contributed by atoms with Gasteiger partial charge in [0.2, 0.25) is 0 Å². The van der Waals surface area contributed by atoms with Crippen LogP contribution in [-0.4, -0.2) is 15.4 Å². The van der Waals surface area contributed by atoms with Gasteiger partial charge in [-0.15, -0.1) is 11.6 Å². The fourth-order valence-corrected chi connectivity index (χ4v) is 2.64. The highest BCUT2D eigenvalue weighted by Crippen LogP contribution is 2.26. The van der Waals surface area contributed by atoms with Crippen LogP contribution in [0.5, 0.6) is 0 Å². The van der Waals surface area contributed by atoms with E-state index in [1.54, 1.807) is 35.8 Å². The molecule has 0 spiro atoms. The zero-order valence-electron chi connectivity index (χ0n) is 11.4. The summed E-state index contributed by atoms with van der Waals surface area (Å²) in [5.74, 6) is 0.289. The van der Waals surface area contributed by atoms with E-state index in [1.165, 1.54) is 12.1 Å². The van der Waals surface area contributed by atoms with E-state index in [4.69, 9.17) is 11.6 Å². The minimum Gasteiger partial charge on any atom is -0.296 e. The average molecular weight is 307 g/mol. The number of benzene rings is 2. The van der Waals surface area contributed by atoms with Crippen LogP contribution in [0.2, 0.25) is 0 Å². The number of nitrogens with zero attached hydrogens (tertiary/aromatic N) is 2. The van der Waals surface area contributed by atoms with Gasteiger partial charge in [-0.05, 0) is 31.2 Å². The lowest BCUT2D eigenvalue weighted by molar-refractivity contribution is 0.616. The van der Waals surface area contributed by atoms with Crippen molar-refractivity contribution in [2.45, 2.75) is 13.3 Å². The van der Waals surface area contributed by atoms with Crippen molar-refractivity contribution in [1.82, 2.24) is 9.55 Å². The van der Waals surface area contributed by atoms with Crippen molar-refractivity contribution in [3.63, 3.8) is 0 Å². The third-order valence-corrected chi connectivity index (χ3v) is 3.69. The highest BCUT2D eigenvalue weighted by Gasteiger charge is 2.17. The second-order valence-corrected chi connectivity index (χ2v) is 5.17. The first-order valence-electron chi connectivity index (χ1n) is 6.60. The van der Waals surface area contributed by atoms with E-state index >= 15 is 0 Å². The first-order chi connectivity index (χ1) is 10.1. The molecule has 2 nitrogen and oxygen atoms in total. The molecule has 0 fully saturated rings. The summed E-state index contributed by atoms with van der Waals surface area (Å²) >= 11 is 5.81. The van der Waals surface area contributed by atoms with Crippen LogP contribution in [-0.2, 0) is 6.42 Å². The number of hydrogen-bond donors (Lipinski definition) is 0. The second kappa shape index (κ2) is 5.45. The summed E-state index contributed by atoms with van der Waals surface area (Å²) in [7, 11) is 0. The van der Waals surface area contributed by atoms with Crippen LogP contribution in [0.4, 0.5) is 8.78 Å². The molecule has 0 bridgehead atoms. The Labute approximate surface area is 126 Å². The third-order valence-electron chi connectivity index (χ3n) is 3.50. The van der Waals surface area contributed by atoms with Crippen LogP contribution in [0.1, 0.15) is 11.4 Å². The number of hydrogen-bond acceptors (Lipinski definition) is 1. The Morgan fingerprint density at radius 1 is 1.10 bits per heavy atom. The summed E-state index contributed by atoms with van der Waals surface area (Å²) in [6, 6.07) is 9.58. The molecule has 0 aliphatic heterocycles. The zero-order valence-corrected chi connectivity index (χ0v) is 12.2. The van der Waals surface area contributed by atoms with Gasteiger partial charge in [0, 0.05) is 17.9 Å². The number of rotatable bonds is 3. The largest absolute Gasteiger partial charge is 0.296 e. The predicted octanol–water partition coefficient (Wildman–Crippen LogP) is 4.39.